The summed E-state index contributed by atoms with van der Waals surface area (Å²) in [4.78, 5) is 77.7. The molecular weight excluding hydrogens is 820 g/mol. The molecule has 3 aromatic carbocycles. The molecule has 3 aromatic rings. The van der Waals surface area contributed by atoms with Crippen LogP contribution in [0.25, 0.3) is 0 Å². The van der Waals surface area contributed by atoms with Gasteiger partial charge in [-0.1, -0.05) is 39.3 Å². The van der Waals surface area contributed by atoms with E-state index in [4.69, 9.17) is 16.3 Å². The Kier molecular flexibility index (Phi) is 10.1. The van der Waals surface area contributed by atoms with Crippen LogP contribution >= 0.6 is 11.6 Å². The molecule has 0 spiro atoms. The van der Waals surface area contributed by atoms with Crippen molar-refractivity contribution in [2.75, 3.05) is 62.2 Å². The number of likely N-dealkylation sites (tertiary alicyclic amines) is 1. The number of imide groups is 2. The molecule has 328 valence electrons. The number of ether oxygens (including phenoxy) is 1. The van der Waals surface area contributed by atoms with E-state index in [9.17, 15) is 29.2 Å². The maximum Gasteiger partial charge on any atom is 0.262 e. The van der Waals surface area contributed by atoms with Gasteiger partial charge in [0.1, 0.15) is 24.0 Å². The molecule has 1 saturated carbocycles. The number of amides is 5. The number of nitriles is 1. The van der Waals surface area contributed by atoms with Gasteiger partial charge in [0.15, 0.2) is 0 Å². The summed E-state index contributed by atoms with van der Waals surface area (Å²) in [6.07, 6.45) is 2.11. The number of halogens is 1. The fourth-order valence-electron chi connectivity index (χ4n) is 12.3. The Morgan fingerprint density at radius 2 is 1.37 bits per heavy atom. The smallest absolute Gasteiger partial charge is 0.262 e. The lowest BCUT2D eigenvalue weighted by atomic mass is 9.49. The third-order valence-corrected chi connectivity index (χ3v) is 15.5. The minimum absolute atomic E-state index is 0.0308. The number of piperidine rings is 2. The maximum atomic E-state index is 14.0. The number of hydrogen-bond acceptors (Lipinski definition) is 11. The van der Waals surface area contributed by atoms with Crippen LogP contribution < -0.4 is 19.9 Å². The first-order chi connectivity index (χ1) is 30.1. The molecule has 4 saturated heterocycles. The lowest BCUT2D eigenvalue weighted by Gasteiger charge is -2.65. The van der Waals surface area contributed by atoms with Crippen LogP contribution in [-0.4, -0.2) is 132 Å². The molecule has 7 aliphatic rings. The Hall–Kier alpha value is -5.49. The Labute approximate surface area is 372 Å². The second-order valence-corrected chi connectivity index (χ2v) is 20.0. The molecule has 5 fully saturated rings. The Morgan fingerprint density at radius 1 is 0.714 bits per heavy atom. The average Bonchev–Trinajstić information content (AvgIpc) is 3.69. The topological polar surface area (TPSA) is 150 Å². The van der Waals surface area contributed by atoms with E-state index in [2.05, 4.69) is 70.8 Å². The van der Waals surface area contributed by atoms with Gasteiger partial charge < -0.3 is 19.4 Å². The van der Waals surface area contributed by atoms with Gasteiger partial charge >= 0.3 is 0 Å². The summed E-state index contributed by atoms with van der Waals surface area (Å²) in [7, 11) is 0. The lowest BCUT2D eigenvalue weighted by molar-refractivity contribution is -0.199. The number of carbonyl (C=O) groups excluding carboxylic acids is 5. The van der Waals surface area contributed by atoms with E-state index in [1.165, 1.54) is 5.69 Å². The number of nitrogens with one attached hydrogen (secondary N) is 1. The van der Waals surface area contributed by atoms with Crippen LogP contribution in [-0.2, 0) is 16.1 Å². The van der Waals surface area contributed by atoms with Crippen LogP contribution in [0.1, 0.15) is 95.6 Å². The number of carbonyl (C=O) groups is 5. The standard InChI is InChI=1S/C48H53ClN8O6/c1-47(2)45(48(3,4)46(47)63-34-8-5-28(24-50)38(49)23-34)56-25-29-21-31(6-9-35(29)42(56)60)53-17-19-54(20-18-53)33-26-55(27-33)30-13-15-52(16-14-30)32-7-10-36-37(22-32)44(62)57(43(36)61)39-11-12-40(58)51-41(39)59/h5-10,21-23,30,33,39,45-46H,11-20,25-27H2,1-4H3,(H,51,58,59)/t39?,45-,46-. The van der Waals surface area contributed by atoms with Gasteiger partial charge in [-0.25, -0.2) is 0 Å². The summed E-state index contributed by atoms with van der Waals surface area (Å²) < 4.78 is 6.51. The number of piperazine rings is 1. The summed E-state index contributed by atoms with van der Waals surface area (Å²) in [5.41, 5.74) is 4.32. The van der Waals surface area contributed by atoms with Crippen LogP contribution in [0.2, 0.25) is 5.02 Å². The minimum Gasteiger partial charge on any atom is -0.489 e. The van der Waals surface area contributed by atoms with Crippen molar-refractivity contribution >= 4 is 52.5 Å². The highest BCUT2D eigenvalue weighted by atomic mass is 35.5. The van der Waals surface area contributed by atoms with Crippen LogP contribution in [0.5, 0.6) is 5.75 Å². The summed E-state index contributed by atoms with van der Waals surface area (Å²) in [5, 5.41) is 11.9. The number of rotatable bonds is 8. The molecule has 6 heterocycles. The average molecular weight is 873 g/mol. The van der Waals surface area contributed by atoms with Crippen molar-refractivity contribution in [3.05, 3.63) is 87.4 Å². The summed E-state index contributed by atoms with van der Waals surface area (Å²) in [5.74, 6) is -1.25. The molecule has 15 heteroatoms. The summed E-state index contributed by atoms with van der Waals surface area (Å²) >= 11 is 6.32. The van der Waals surface area contributed by atoms with Crippen LogP contribution in [0.15, 0.2) is 54.6 Å². The van der Waals surface area contributed by atoms with E-state index in [0.717, 1.165) is 86.9 Å². The highest BCUT2D eigenvalue weighted by Crippen LogP contribution is 2.59. The molecular formula is C48H53ClN8O6. The monoisotopic (exact) mass is 872 g/mol. The van der Waals surface area contributed by atoms with E-state index in [1.807, 2.05) is 17.0 Å². The second kappa shape index (κ2) is 15.3. The molecule has 1 N–H and O–H groups in total. The Morgan fingerprint density at radius 3 is 2.03 bits per heavy atom. The van der Waals surface area contributed by atoms with Gasteiger partial charge in [-0.3, -0.25) is 44.0 Å². The van der Waals surface area contributed by atoms with Gasteiger partial charge in [-0.15, -0.1) is 0 Å². The normalized spacial score (nSPS) is 26.3. The van der Waals surface area contributed by atoms with E-state index >= 15 is 0 Å². The molecule has 0 radical (unpaired) electrons. The van der Waals surface area contributed by atoms with Crippen molar-refractivity contribution in [3.8, 4) is 11.8 Å². The second-order valence-electron chi connectivity index (χ2n) is 19.6. The van der Waals surface area contributed by atoms with E-state index in [0.29, 0.717) is 46.1 Å². The van der Waals surface area contributed by atoms with E-state index in [1.54, 1.807) is 30.3 Å². The molecule has 6 aliphatic heterocycles. The van der Waals surface area contributed by atoms with Crippen molar-refractivity contribution in [2.24, 2.45) is 10.8 Å². The number of benzene rings is 3. The van der Waals surface area contributed by atoms with Gasteiger partial charge in [0.05, 0.1) is 21.7 Å². The van der Waals surface area contributed by atoms with Crippen molar-refractivity contribution in [1.29, 1.82) is 5.26 Å². The molecule has 14 nitrogen and oxygen atoms in total. The fraction of sp³-hybridized carbons (Fsp3) is 0.500. The SMILES string of the molecule is CC1(C)[C@H](Oc2ccc(C#N)c(Cl)c2)C(C)(C)[C@H]1N1Cc2cc(N3CCN(C4CN(C5CCN(c6ccc7c(c6)C(=O)N(C6CCC(=O)NC6=O)C7=O)CC5)C4)CC3)ccc2C1=O. The maximum absolute atomic E-state index is 14.0. The first-order valence-electron chi connectivity index (χ1n) is 22.3. The zero-order valence-corrected chi connectivity index (χ0v) is 37.0. The number of hydrogen-bond donors (Lipinski definition) is 1. The van der Waals surface area contributed by atoms with Gasteiger partial charge in [-0.05, 0) is 73.4 Å². The fourth-order valence-corrected chi connectivity index (χ4v) is 12.5. The Balaban J connectivity index is 0.694. The van der Waals surface area contributed by atoms with Crippen molar-refractivity contribution in [2.45, 2.75) is 90.2 Å². The van der Waals surface area contributed by atoms with E-state index < -0.39 is 23.8 Å². The number of anilines is 2. The third-order valence-electron chi connectivity index (χ3n) is 15.2. The van der Waals surface area contributed by atoms with Gasteiger partial charge in [0.2, 0.25) is 11.8 Å². The van der Waals surface area contributed by atoms with Crippen molar-refractivity contribution in [3.63, 3.8) is 0 Å². The first kappa shape index (κ1) is 41.5. The minimum atomic E-state index is -0.969. The van der Waals surface area contributed by atoms with Gasteiger partial charge in [0, 0.05) is 117 Å². The molecule has 0 aromatic heterocycles. The highest BCUT2D eigenvalue weighted by molar-refractivity contribution is 6.31. The predicted molar refractivity (Wildman–Crippen MR) is 236 cm³/mol. The summed E-state index contributed by atoms with van der Waals surface area (Å²) in [6.45, 7) is 16.9. The molecule has 1 aliphatic carbocycles. The van der Waals surface area contributed by atoms with Crippen LogP contribution in [0.3, 0.4) is 0 Å². The summed E-state index contributed by atoms with van der Waals surface area (Å²) in [6, 6.07) is 19.0. The van der Waals surface area contributed by atoms with Crippen molar-refractivity contribution in [1.82, 2.24) is 24.9 Å². The first-order valence-corrected chi connectivity index (χ1v) is 22.7. The quantitative estimate of drug-likeness (QED) is 0.308. The molecule has 1 unspecified atom stereocenters. The predicted octanol–water partition coefficient (Wildman–Crippen LogP) is 4.93. The molecule has 63 heavy (non-hydrogen) atoms. The van der Waals surface area contributed by atoms with Crippen LogP contribution in [0, 0.1) is 22.2 Å². The van der Waals surface area contributed by atoms with Gasteiger partial charge in [-0.2, -0.15) is 5.26 Å². The molecule has 1 atom stereocenters. The highest BCUT2D eigenvalue weighted by Gasteiger charge is 2.67. The Bertz CT molecular complexity index is 2460. The van der Waals surface area contributed by atoms with E-state index in [-0.39, 0.29) is 47.6 Å². The zero-order valence-electron chi connectivity index (χ0n) is 36.2. The van der Waals surface area contributed by atoms with Gasteiger partial charge in [0.25, 0.3) is 17.7 Å². The van der Waals surface area contributed by atoms with Crippen LogP contribution in [0.4, 0.5) is 11.4 Å². The third kappa shape index (κ3) is 6.85. The zero-order chi connectivity index (χ0) is 44.1. The van der Waals surface area contributed by atoms with Crippen molar-refractivity contribution < 1.29 is 28.7 Å². The molecule has 5 amide bonds. The number of fused-ring (bicyclic) bond motifs is 2. The largest absolute Gasteiger partial charge is 0.489 e. The lowest BCUT2D eigenvalue weighted by Crippen LogP contribution is -2.74. The number of nitrogens with zero attached hydrogens (tertiary/aromatic N) is 7. The molecule has 0 bridgehead atoms. The molecule has 10 rings (SSSR count).